The summed E-state index contributed by atoms with van der Waals surface area (Å²) in [5.74, 6) is 1.09. The second kappa shape index (κ2) is 9.51. The number of carbonyl (C=O) groups excluding carboxylic acids is 1. The lowest BCUT2D eigenvalue weighted by Gasteiger charge is -2.22. The molecule has 2 aromatic heterocycles. The molecule has 0 radical (unpaired) electrons. The summed E-state index contributed by atoms with van der Waals surface area (Å²) in [5.41, 5.74) is 4.21. The summed E-state index contributed by atoms with van der Waals surface area (Å²) in [6, 6.07) is 18.5. The van der Waals surface area contributed by atoms with E-state index < -0.39 is 0 Å². The van der Waals surface area contributed by atoms with Gasteiger partial charge in [0.15, 0.2) is 0 Å². The maximum absolute atomic E-state index is 13.2. The van der Waals surface area contributed by atoms with E-state index in [9.17, 15) is 4.79 Å². The lowest BCUT2D eigenvalue weighted by atomic mass is 9.86. The molecule has 1 aliphatic rings. The number of aromatic nitrogens is 1. The molecule has 0 atom stereocenters. The van der Waals surface area contributed by atoms with Crippen molar-refractivity contribution in [1.29, 1.82) is 0 Å². The second-order valence-electron chi connectivity index (χ2n) is 7.81. The van der Waals surface area contributed by atoms with Crippen molar-refractivity contribution in [1.82, 2.24) is 4.98 Å². The Hall–Kier alpha value is -3.57. The highest BCUT2D eigenvalue weighted by Gasteiger charge is 2.26. The summed E-state index contributed by atoms with van der Waals surface area (Å²) >= 11 is 5.90. The first-order valence-corrected chi connectivity index (χ1v) is 11.3. The van der Waals surface area contributed by atoms with E-state index in [4.69, 9.17) is 30.5 Å². The van der Waals surface area contributed by atoms with E-state index in [1.165, 1.54) is 0 Å². The predicted molar refractivity (Wildman–Crippen MR) is 128 cm³/mol. The molecule has 0 spiro atoms. The molecule has 2 heterocycles. The van der Waals surface area contributed by atoms with Gasteiger partial charge < -0.3 is 13.9 Å². The fourth-order valence-electron chi connectivity index (χ4n) is 4.15. The Morgan fingerprint density at radius 2 is 1.88 bits per heavy atom. The topological polar surface area (TPSA) is 61.6 Å². The zero-order chi connectivity index (χ0) is 22.6. The van der Waals surface area contributed by atoms with Crippen LogP contribution in [0.15, 0.2) is 71.3 Å². The second-order valence-corrected chi connectivity index (χ2v) is 8.24. The zero-order valence-electron chi connectivity index (χ0n) is 17.9. The lowest BCUT2D eigenvalue weighted by Crippen LogP contribution is -2.17. The molecule has 1 aliphatic carbocycles. The standard InChI is InChI=1S/C27H22ClNO4/c28-19-10-12-20(13-11-19)32-15-16-33-27(30)25-22-7-1-2-9-24(22)29-26-18(5-3-8-23(25)26)17-21-6-4-14-31-21/h1-2,4,6-7,9-14,17H,3,5,8,15-16H2. The van der Waals surface area contributed by atoms with Gasteiger partial charge in [-0.25, -0.2) is 9.78 Å². The third-order valence-corrected chi connectivity index (χ3v) is 5.88. The van der Waals surface area contributed by atoms with Crippen LogP contribution in [0.2, 0.25) is 5.02 Å². The van der Waals surface area contributed by atoms with Crippen molar-refractivity contribution in [3.63, 3.8) is 0 Å². The minimum absolute atomic E-state index is 0.141. The van der Waals surface area contributed by atoms with Crippen LogP contribution in [0.1, 0.15) is 40.2 Å². The number of esters is 1. The maximum atomic E-state index is 13.2. The Balaban J connectivity index is 1.42. The average molecular weight is 460 g/mol. The Kier molecular flexibility index (Phi) is 6.13. The Bertz CT molecular complexity index is 1310. The Labute approximate surface area is 196 Å². The molecule has 6 heteroatoms. The van der Waals surface area contributed by atoms with E-state index >= 15 is 0 Å². The normalized spacial score (nSPS) is 14.3. The summed E-state index contributed by atoms with van der Waals surface area (Å²) in [5, 5.41) is 1.45. The fraction of sp³-hybridized carbons (Fsp3) is 0.185. The van der Waals surface area contributed by atoms with Gasteiger partial charge in [0.25, 0.3) is 0 Å². The molecule has 5 rings (SSSR count). The first kappa shape index (κ1) is 21.3. The molecule has 0 saturated carbocycles. The molecule has 0 amide bonds. The molecule has 166 valence electrons. The molecule has 33 heavy (non-hydrogen) atoms. The lowest BCUT2D eigenvalue weighted by molar-refractivity contribution is 0.0451. The number of furan rings is 1. The van der Waals surface area contributed by atoms with E-state index in [0.29, 0.717) is 16.3 Å². The van der Waals surface area contributed by atoms with E-state index in [-0.39, 0.29) is 19.2 Å². The molecule has 5 nitrogen and oxygen atoms in total. The largest absolute Gasteiger partial charge is 0.490 e. The van der Waals surface area contributed by atoms with Gasteiger partial charge in [-0.15, -0.1) is 0 Å². The molecule has 4 aromatic rings. The molecular weight excluding hydrogens is 438 g/mol. The average Bonchev–Trinajstić information content (AvgIpc) is 3.35. The summed E-state index contributed by atoms with van der Waals surface area (Å²) in [6.45, 7) is 0.393. The van der Waals surface area contributed by atoms with Gasteiger partial charge in [-0.1, -0.05) is 29.8 Å². The van der Waals surface area contributed by atoms with Gasteiger partial charge in [-0.3, -0.25) is 0 Å². The summed E-state index contributed by atoms with van der Waals surface area (Å²) < 4.78 is 16.8. The molecule has 0 saturated heterocycles. The van der Waals surface area contributed by atoms with Crippen molar-refractivity contribution in [2.75, 3.05) is 13.2 Å². The number of halogens is 1. The van der Waals surface area contributed by atoms with Crippen molar-refractivity contribution >= 4 is 40.1 Å². The van der Waals surface area contributed by atoms with Gasteiger partial charge >= 0.3 is 5.97 Å². The summed E-state index contributed by atoms with van der Waals surface area (Å²) in [7, 11) is 0. The molecule has 0 aliphatic heterocycles. The monoisotopic (exact) mass is 459 g/mol. The molecule has 0 unspecified atom stereocenters. The van der Waals surface area contributed by atoms with Crippen LogP contribution in [0.25, 0.3) is 22.6 Å². The highest BCUT2D eigenvalue weighted by Crippen LogP contribution is 2.36. The number of rotatable bonds is 6. The fourth-order valence-corrected chi connectivity index (χ4v) is 4.28. The smallest absolute Gasteiger partial charge is 0.339 e. The van der Waals surface area contributed by atoms with Crippen molar-refractivity contribution in [3.8, 4) is 5.75 Å². The van der Waals surface area contributed by atoms with Crippen LogP contribution in [0.3, 0.4) is 0 Å². The molecule has 0 N–H and O–H groups in total. The minimum atomic E-state index is -0.358. The number of carbonyl (C=O) groups is 1. The number of ether oxygens (including phenoxy) is 2. The number of fused-ring (bicyclic) bond motifs is 2. The van der Waals surface area contributed by atoms with Crippen LogP contribution in [0.4, 0.5) is 0 Å². The van der Waals surface area contributed by atoms with Crippen molar-refractivity contribution in [2.24, 2.45) is 0 Å². The highest BCUT2D eigenvalue weighted by atomic mass is 35.5. The van der Waals surface area contributed by atoms with Gasteiger partial charge in [-0.05, 0) is 78.9 Å². The van der Waals surface area contributed by atoms with E-state index in [2.05, 4.69) is 0 Å². The molecule has 0 bridgehead atoms. The first-order chi connectivity index (χ1) is 16.2. The van der Waals surface area contributed by atoms with Gasteiger partial charge in [0.2, 0.25) is 0 Å². The van der Waals surface area contributed by atoms with Gasteiger partial charge in [0.05, 0.1) is 23.0 Å². The number of nitrogens with zero attached hydrogens (tertiary/aromatic N) is 1. The zero-order valence-corrected chi connectivity index (χ0v) is 18.7. The molecular formula is C27H22ClNO4. The predicted octanol–water partition coefficient (Wildman–Crippen LogP) is 6.59. The van der Waals surface area contributed by atoms with Crippen LogP contribution >= 0.6 is 11.6 Å². The third kappa shape index (κ3) is 4.64. The molecule has 0 fully saturated rings. The number of para-hydroxylation sites is 1. The van der Waals surface area contributed by atoms with Crippen LogP contribution in [0, 0.1) is 0 Å². The van der Waals surface area contributed by atoms with Gasteiger partial charge in [0.1, 0.15) is 24.7 Å². The van der Waals surface area contributed by atoms with E-state index in [1.807, 2.05) is 42.5 Å². The van der Waals surface area contributed by atoms with E-state index in [1.54, 1.807) is 30.5 Å². The van der Waals surface area contributed by atoms with Crippen LogP contribution in [-0.4, -0.2) is 24.2 Å². The van der Waals surface area contributed by atoms with Crippen LogP contribution in [-0.2, 0) is 11.2 Å². The number of pyridine rings is 1. The number of allylic oxidation sites excluding steroid dienone is 1. The maximum Gasteiger partial charge on any atom is 0.339 e. The van der Waals surface area contributed by atoms with Gasteiger partial charge in [-0.2, -0.15) is 0 Å². The van der Waals surface area contributed by atoms with Crippen molar-refractivity contribution in [3.05, 3.63) is 94.5 Å². The Morgan fingerprint density at radius 3 is 2.70 bits per heavy atom. The SMILES string of the molecule is O=C(OCCOc1ccc(Cl)cc1)c1c2c(nc3ccccc13)C(=Cc1ccco1)CCC2. The van der Waals surface area contributed by atoms with Crippen molar-refractivity contribution < 1.29 is 18.7 Å². The summed E-state index contributed by atoms with van der Waals surface area (Å²) in [4.78, 5) is 18.2. The first-order valence-electron chi connectivity index (χ1n) is 10.9. The van der Waals surface area contributed by atoms with Gasteiger partial charge in [0, 0.05) is 10.4 Å². The highest BCUT2D eigenvalue weighted by molar-refractivity contribution is 6.30. The quantitative estimate of drug-likeness (QED) is 0.240. The van der Waals surface area contributed by atoms with Crippen molar-refractivity contribution in [2.45, 2.75) is 19.3 Å². The number of hydrogen-bond donors (Lipinski definition) is 0. The van der Waals surface area contributed by atoms with Crippen LogP contribution in [0.5, 0.6) is 5.75 Å². The Morgan fingerprint density at radius 1 is 1.03 bits per heavy atom. The van der Waals surface area contributed by atoms with E-state index in [0.717, 1.165) is 52.8 Å². The molecule has 2 aromatic carbocycles. The third-order valence-electron chi connectivity index (χ3n) is 5.63. The van der Waals surface area contributed by atoms with Crippen LogP contribution < -0.4 is 4.74 Å². The summed E-state index contributed by atoms with van der Waals surface area (Å²) in [6.07, 6.45) is 6.24. The minimum Gasteiger partial charge on any atom is -0.490 e. The number of benzene rings is 2. The number of hydrogen-bond acceptors (Lipinski definition) is 5.